The van der Waals surface area contributed by atoms with Crippen LogP contribution in [0.5, 0.6) is 23.0 Å². The molecule has 0 aliphatic heterocycles. The summed E-state index contributed by atoms with van der Waals surface area (Å²) in [6.45, 7) is 0.248. The lowest BCUT2D eigenvalue weighted by Crippen LogP contribution is -2.38. The van der Waals surface area contributed by atoms with Crippen molar-refractivity contribution >= 4 is 17.6 Å². The number of carbonyl (C=O) groups excluding carboxylic acids is 2. The van der Waals surface area contributed by atoms with Crippen molar-refractivity contribution in [3.05, 3.63) is 78.4 Å². The van der Waals surface area contributed by atoms with E-state index in [1.165, 1.54) is 35.8 Å². The number of rotatable bonds is 10. The van der Waals surface area contributed by atoms with Gasteiger partial charge in [0.1, 0.15) is 23.0 Å². The Labute approximate surface area is 212 Å². The second-order valence-corrected chi connectivity index (χ2v) is 7.85. The van der Waals surface area contributed by atoms with E-state index in [-0.39, 0.29) is 23.8 Å². The molecule has 7 nitrogen and oxygen atoms in total. The van der Waals surface area contributed by atoms with E-state index in [1.807, 2.05) is 30.3 Å². The maximum absolute atomic E-state index is 12.8. The maximum atomic E-state index is 12.8. The van der Waals surface area contributed by atoms with Gasteiger partial charge in [-0.15, -0.1) is 13.2 Å². The third-order valence-electron chi connectivity index (χ3n) is 5.28. The first-order valence-electron chi connectivity index (χ1n) is 11.4. The third kappa shape index (κ3) is 8.16. The molecule has 1 amide bonds. The van der Waals surface area contributed by atoms with Gasteiger partial charge >= 0.3 is 18.2 Å². The molecule has 10 heteroatoms. The summed E-state index contributed by atoms with van der Waals surface area (Å²) in [7, 11) is 2.54. The largest absolute Gasteiger partial charge is 0.573 e. The van der Waals surface area contributed by atoms with Crippen LogP contribution in [0.1, 0.15) is 18.4 Å². The van der Waals surface area contributed by atoms with Crippen molar-refractivity contribution in [2.24, 2.45) is 0 Å². The number of hydrogen-bond donors (Lipinski definition) is 0. The summed E-state index contributed by atoms with van der Waals surface area (Å²) in [6.07, 6.45) is -2.57. The number of carbonyl (C=O) groups is 2. The van der Waals surface area contributed by atoms with E-state index in [9.17, 15) is 22.8 Å². The summed E-state index contributed by atoms with van der Waals surface area (Å²) in [4.78, 5) is 26.1. The molecule has 3 rings (SSSR count). The van der Waals surface area contributed by atoms with Crippen LogP contribution in [0, 0.1) is 0 Å². The predicted molar refractivity (Wildman–Crippen MR) is 130 cm³/mol. The Morgan fingerprint density at radius 1 is 0.838 bits per heavy atom. The molecule has 0 spiro atoms. The first-order valence-corrected chi connectivity index (χ1v) is 11.4. The first kappa shape index (κ1) is 27.4. The molecule has 3 aromatic rings. The molecule has 0 heterocycles. The normalized spacial score (nSPS) is 10.9. The van der Waals surface area contributed by atoms with Crippen LogP contribution in [0.3, 0.4) is 0 Å². The Morgan fingerprint density at radius 2 is 1.49 bits per heavy atom. The quantitative estimate of drug-likeness (QED) is 0.189. The number of unbranched alkanes of at least 4 members (excludes halogenated alkanes) is 1. The van der Waals surface area contributed by atoms with E-state index < -0.39 is 18.2 Å². The minimum Gasteiger partial charge on any atom is -0.494 e. The number of hydrogen-bond acceptors (Lipinski definition) is 6. The summed E-state index contributed by atoms with van der Waals surface area (Å²) in [5.41, 5.74) is 1.52. The Balaban J connectivity index is 1.74. The van der Waals surface area contributed by atoms with Crippen molar-refractivity contribution in [2.45, 2.75) is 25.6 Å². The van der Waals surface area contributed by atoms with E-state index in [0.717, 1.165) is 32.1 Å². The zero-order valence-electron chi connectivity index (χ0n) is 20.3. The van der Waals surface area contributed by atoms with Crippen LogP contribution in [-0.4, -0.2) is 39.0 Å². The number of amides is 1. The van der Waals surface area contributed by atoms with Gasteiger partial charge in [-0.05, 0) is 61.2 Å². The third-order valence-corrected chi connectivity index (χ3v) is 5.28. The lowest BCUT2D eigenvalue weighted by atomic mass is 10.1. The molecule has 0 aromatic heterocycles. The van der Waals surface area contributed by atoms with Gasteiger partial charge in [-0.25, -0.2) is 4.79 Å². The van der Waals surface area contributed by atoms with Crippen LogP contribution in [0.2, 0.25) is 0 Å². The number of esters is 1. The fourth-order valence-corrected chi connectivity index (χ4v) is 3.56. The molecule has 0 aliphatic carbocycles. The molecular weight excluding hydrogens is 491 g/mol. The Morgan fingerprint density at radius 3 is 2.11 bits per heavy atom. The summed E-state index contributed by atoms with van der Waals surface area (Å²) >= 11 is 0. The molecule has 0 bridgehead atoms. The van der Waals surface area contributed by atoms with E-state index in [2.05, 4.69) is 9.47 Å². The molecule has 0 unspecified atom stereocenters. The number of methoxy groups -OCH3 is 2. The minimum atomic E-state index is -4.79. The van der Waals surface area contributed by atoms with Crippen molar-refractivity contribution < 1.29 is 41.7 Å². The Hall–Kier alpha value is -4.21. The highest BCUT2D eigenvalue weighted by molar-refractivity contribution is 6.38. The zero-order chi connectivity index (χ0) is 26.8. The summed E-state index contributed by atoms with van der Waals surface area (Å²) < 4.78 is 56.7. The Kier molecular flexibility index (Phi) is 9.37. The van der Waals surface area contributed by atoms with Crippen LogP contribution in [-0.2, 0) is 20.7 Å². The number of ether oxygens (including phenoxy) is 4. The molecule has 3 aromatic carbocycles. The van der Waals surface area contributed by atoms with Gasteiger partial charge in [0.25, 0.3) is 0 Å². The average molecular weight is 518 g/mol. The van der Waals surface area contributed by atoms with Crippen molar-refractivity contribution in [3.63, 3.8) is 0 Å². The lowest BCUT2D eigenvalue weighted by Gasteiger charge is -2.24. The summed E-state index contributed by atoms with van der Waals surface area (Å²) in [5.74, 6) is -1.40. The van der Waals surface area contributed by atoms with Gasteiger partial charge < -0.3 is 18.9 Å². The van der Waals surface area contributed by atoms with Gasteiger partial charge in [-0.2, -0.15) is 0 Å². The van der Waals surface area contributed by atoms with E-state index in [4.69, 9.17) is 9.47 Å². The number of nitrogens with zero attached hydrogens (tertiary/aromatic N) is 1. The predicted octanol–water partition coefficient (Wildman–Crippen LogP) is 5.92. The van der Waals surface area contributed by atoms with E-state index in [1.54, 1.807) is 12.1 Å². The fourth-order valence-electron chi connectivity index (χ4n) is 3.56. The minimum absolute atomic E-state index is 0.248. The second-order valence-electron chi connectivity index (χ2n) is 7.85. The second kappa shape index (κ2) is 12.7. The molecule has 37 heavy (non-hydrogen) atoms. The number of halogens is 3. The van der Waals surface area contributed by atoms with Gasteiger partial charge in [0, 0.05) is 12.6 Å². The maximum Gasteiger partial charge on any atom is 0.573 e. The highest BCUT2D eigenvalue weighted by atomic mass is 19.4. The topological polar surface area (TPSA) is 74.3 Å². The van der Waals surface area contributed by atoms with Crippen LogP contribution in [0.25, 0.3) is 0 Å². The van der Waals surface area contributed by atoms with Gasteiger partial charge in [-0.3, -0.25) is 9.69 Å². The smallest absolute Gasteiger partial charge is 0.494 e. The van der Waals surface area contributed by atoms with Crippen LogP contribution < -0.4 is 19.1 Å². The van der Waals surface area contributed by atoms with E-state index in [0.29, 0.717) is 17.9 Å². The molecule has 0 saturated carbocycles. The SMILES string of the molecule is COC(=O)C(=O)N(CCCCc1ccccc1)c1ccc(Oc2ccc(OC(F)(F)F)cc2)cc1OC. The van der Waals surface area contributed by atoms with Crippen molar-refractivity contribution in [3.8, 4) is 23.0 Å². The van der Waals surface area contributed by atoms with Gasteiger partial charge in [0.05, 0.1) is 19.9 Å². The molecule has 0 N–H and O–H groups in total. The van der Waals surface area contributed by atoms with Crippen LogP contribution in [0.4, 0.5) is 18.9 Å². The molecule has 0 fully saturated rings. The van der Waals surface area contributed by atoms with Gasteiger partial charge in [0.15, 0.2) is 0 Å². The molecule has 0 saturated heterocycles. The van der Waals surface area contributed by atoms with Crippen molar-refractivity contribution in [2.75, 3.05) is 25.7 Å². The molecule has 0 aliphatic rings. The molecule has 0 radical (unpaired) electrons. The first-order chi connectivity index (χ1) is 17.7. The highest BCUT2D eigenvalue weighted by Gasteiger charge is 2.31. The highest BCUT2D eigenvalue weighted by Crippen LogP contribution is 2.35. The Bertz CT molecular complexity index is 1180. The van der Waals surface area contributed by atoms with Crippen molar-refractivity contribution in [1.82, 2.24) is 0 Å². The van der Waals surface area contributed by atoms with Crippen LogP contribution in [0.15, 0.2) is 72.8 Å². The van der Waals surface area contributed by atoms with Crippen LogP contribution >= 0.6 is 0 Å². The summed E-state index contributed by atoms with van der Waals surface area (Å²) in [5, 5.41) is 0. The van der Waals surface area contributed by atoms with E-state index >= 15 is 0 Å². The van der Waals surface area contributed by atoms with Gasteiger partial charge in [-0.1, -0.05) is 30.3 Å². The molecule has 196 valence electrons. The lowest BCUT2D eigenvalue weighted by molar-refractivity contribution is -0.274. The van der Waals surface area contributed by atoms with Gasteiger partial charge in [0.2, 0.25) is 0 Å². The number of alkyl halides is 3. The molecular formula is C27H26F3NO6. The summed E-state index contributed by atoms with van der Waals surface area (Å²) in [6, 6.07) is 19.4. The number of benzene rings is 3. The molecule has 0 atom stereocenters. The van der Waals surface area contributed by atoms with Crippen molar-refractivity contribution in [1.29, 1.82) is 0 Å². The monoisotopic (exact) mass is 517 g/mol. The standard InChI is InChI=1S/C27H26F3NO6/c1-34-24-18-22(36-20-11-13-21(14-12-20)37-27(28,29)30)15-16-23(24)31(25(32)26(33)35-2)17-7-6-10-19-8-4-3-5-9-19/h3-5,8-9,11-16,18H,6-7,10,17H2,1-2H3. The number of anilines is 1. The number of aryl methyl sites for hydroxylation is 1. The zero-order valence-corrected chi connectivity index (χ0v) is 20.3. The average Bonchev–Trinajstić information content (AvgIpc) is 2.89. The fraction of sp³-hybridized carbons (Fsp3) is 0.259.